The second-order valence-corrected chi connectivity index (χ2v) is 5.35. The Morgan fingerprint density at radius 3 is 2.78 bits per heavy atom. The van der Waals surface area contributed by atoms with Gasteiger partial charge < -0.3 is 9.84 Å². The fourth-order valence-corrected chi connectivity index (χ4v) is 2.71. The SMILES string of the molecule is COc1cc2nn(C)cc2cc1-c1cc2ccc(O)nc2cn1. The summed E-state index contributed by atoms with van der Waals surface area (Å²) in [5.74, 6) is 0.705. The molecule has 1 aromatic carbocycles. The minimum atomic E-state index is -0.0126. The van der Waals surface area contributed by atoms with Gasteiger partial charge in [-0.15, -0.1) is 0 Å². The van der Waals surface area contributed by atoms with Gasteiger partial charge in [0.15, 0.2) is 0 Å². The topological polar surface area (TPSA) is 73.1 Å². The number of methoxy groups -OCH3 is 1. The van der Waals surface area contributed by atoms with Gasteiger partial charge in [0.05, 0.1) is 30.0 Å². The molecule has 0 aliphatic heterocycles. The van der Waals surface area contributed by atoms with Gasteiger partial charge >= 0.3 is 0 Å². The van der Waals surface area contributed by atoms with Crippen LogP contribution in [-0.4, -0.2) is 32.0 Å². The van der Waals surface area contributed by atoms with Crippen molar-refractivity contribution in [2.75, 3.05) is 7.11 Å². The molecular weight excluding hydrogens is 292 g/mol. The molecule has 0 radical (unpaired) electrons. The second kappa shape index (κ2) is 4.95. The van der Waals surface area contributed by atoms with Gasteiger partial charge in [0.2, 0.25) is 5.88 Å². The molecule has 3 aromatic heterocycles. The molecule has 114 valence electrons. The molecule has 0 amide bonds. The molecule has 3 heterocycles. The van der Waals surface area contributed by atoms with Crippen molar-refractivity contribution in [1.82, 2.24) is 19.7 Å². The van der Waals surface area contributed by atoms with Crippen LogP contribution in [0.5, 0.6) is 11.6 Å². The van der Waals surface area contributed by atoms with Gasteiger partial charge in [-0.1, -0.05) is 0 Å². The summed E-state index contributed by atoms with van der Waals surface area (Å²) in [5.41, 5.74) is 3.20. The van der Waals surface area contributed by atoms with Crippen LogP contribution >= 0.6 is 0 Å². The first kappa shape index (κ1) is 13.5. The Balaban J connectivity index is 1.94. The zero-order valence-electron chi connectivity index (χ0n) is 12.7. The summed E-state index contributed by atoms with van der Waals surface area (Å²) in [6.45, 7) is 0. The Bertz CT molecular complexity index is 1040. The van der Waals surface area contributed by atoms with Crippen LogP contribution in [0.25, 0.3) is 33.1 Å². The van der Waals surface area contributed by atoms with E-state index in [0.717, 1.165) is 33.3 Å². The van der Waals surface area contributed by atoms with E-state index in [2.05, 4.69) is 15.1 Å². The lowest BCUT2D eigenvalue weighted by atomic mass is 10.1. The lowest BCUT2D eigenvalue weighted by molar-refractivity contribution is 0.417. The number of benzene rings is 1. The molecule has 0 fully saturated rings. The Kier molecular flexibility index (Phi) is 2.90. The van der Waals surface area contributed by atoms with E-state index in [9.17, 15) is 5.11 Å². The highest BCUT2D eigenvalue weighted by Gasteiger charge is 2.12. The average molecular weight is 306 g/mol. The maximum atomic E-state index is 9.45. The third kappa shape index (κ3) is 2.24. The van der Waals surface area contributed by atoms with Gasteiger partial charge in [0.25, 0.3) is 0 Å². The molecule has 4 aromatic rings. The number of nitrogens with zero attached hydrogens (tertiary/aromatic N) is 4. The minimum absolute atomic E-state index is 0.0126. The van der Waals surface area contributed by atoms with Crippen molar-refractivity contribution in [1.29, 1.82) is 0 Å². The largest absolute Gasteiger partial charge is 0.496 e. The van der Waals surface area contributed by atoms with Gasteiger partial charge in [-0.2, -0.15) is 5.10 Å². The van der Waals surface area contributed by atoms with Crippen molar-refractivity contribution in [3.63, 3.8) is 0 Å². The predicted molar refractivity (Wildman–Crippen MR) is 87.5 cm³/mol. The predicted octanol–water partition coefficient (Wildman–Crippen LogP) is 2.90. The molecule has 0 unspecified atom stereocenters. The summed E-state index contributed by atoms with van der Waals surface area (Å²) in [5, 5.41) is 15.8. The molecule has 0 bridgehead atoms. The second-order valence-electron chi connectivity index (χ2n) is 5.35. The number of aromatic hydroxyl groups is 1. The molecule has 0 atom stereocenters. The number of fused-ring (bicyclic) bond motifs is 2. The molecule has 23 heavy (non-hydrogen) atoms. The number of pyridine rings is 2. The molecule has 0 spiro atoms. The van der Waals surface area contributed by atoms with E-state index in [1.54, 1.807) is 24.1 Å². The van der Waals surface area contributed by atoms with Gasteiger partial charge in [-0.3, -0.25) is 9.67 Å². The van der Waals surface area contributed by atoms with Gasteiger partial charge in [-0.25, -0.2) is 4.98 Å². The van der Waals surface area contributed by atoms with Gasteiger partial charge in [-0.05, 0) is 18.2 Å². The molecule has 6 nitrogen and oxygen atoms in total. The van der Waals surface area contributed by atoms with Crippen LogP contribution in [0.2, 0.25) is 0 Å². The Morgan fingerprint density at radius 2 is 1.96 bits per heavy atom. The smallest absolute Gasteiger partial charge is 0.211 e. The summed E-state index contributed by atoms with van der Waals surface area (Å²) < 4.78 is 7.28. The lowest BCUT2D eigenvalue weighted by Crippen LogP contribution is -1.91. The lowest BCUT2D eigenvalue weighted by Gasteiger charge is -2.09. The van der Waals surface area contributed by atoms with E-state index in [-0.39, 0.29) is 5.88 Å². The summed E-state index contributed by atoms with van der Waals surface area (Å²) in [6, 6.07) is 9.24. The standard InChI is InChI=1S/C17H14N4O2/c1-21-9-11-5-12(16(23-2)7-13(11)20-21)14-6-10-3-4-17(22)19-15(10)8-18-14/h3-9H,1-2H3,(H,19,22). The molecule has 4 rings (SSSR count). The van der Waals surface area contributed by atoms with Crippen LogP contribution in [-0.2, 0) is 7.05 Å². The fourth-order valence-electron chi connectivity index (χ4n) is 2.71. The van der Waals surface area contributed by atoms with Crippen molar-refractivity contribution < 1.29 is 9.84 Å². The highest BCUT2D eigenvalue weighted by Crippen LogP contribution is 2.33. The maximum Gasteiger partial charge on any atom is 0.211 e. The molecule has 0 saturated heterocycles. The average Bonchev–Trinajstić information content (AvgIpc) is 2.92. The van der Waals surface area contributed by atoms with Crippen LogP contribution in [0.4, 0.5) is 0 Å². The highest BCUT2D eigenvalue weighted by atomic mass is 16.5. The number of ether oxygens (including phenoxy) is 1. The number of aryl methyl sites for hydroxylation is 1. The summed E-state index contributed by atoms with van der Waals surface area (Å²) >= 11 is 0. The van der Waals surface area contributed by atoms with Gasteiger partial charge in [0, 0.05) is 41.7 Å². The monoisotopic (exact) mass is 306 g/mol. The Labute approximate surface area is 132 Å². The van der Waals surface area contributed by atoms with E-state index in [1.807, 2.05) is 37.5 Å². The fraction of sp³-hybridized carbons (Fsp3) is 0.118. The van der Waals surface area contributed by atoms with Crippen molar-refractivity contribution in [2.45, 2.75) is 0 Å². The molecular formula is C17H14N4O2. The van der Waals surface area contributed by atoms with E-state index >= 15 is 0 Å². The van der Waals surface area contributed by atoms with Gasteiger partial charge in [0.1, 0.15) is 5.75 Å². The normalized spacial score (nSPS) is 11.2. The molecule has 0 saturated carbocycles. The molecule has 0 aliphatic carbocycles. The molecule has 0 aliphatic rings. The van der Waals surface area contributed by atoms with Crippen LogP contribution < -0.4 is 4.74 Å². The first-order valence-electron chi connectivity index (χ1n) is 7.11. The Morgan fingerprint density at radius 1 is 1.09 bits per heavy atom. The van der Waals surface area contributed by atoms with E-state index in [1.165, 1.54) is 0 Å². The van der Waals surface area contributed by atoms with Crippen LogP contribution in [0.15, 0.2) is 42.7 Å². The number of aromatic nitrogens is 4. The third-order valence-corrected chi connectivity index (χ3v) is 3.78. The minimum Gasteiger partial charge on any atom is -0.496 e. The zero-order valence-corrected chi connectivity index (χ0v) is 12.7. The third-order valence-electron chi connectivity index (χ3n) is 3.78. The highest BCUT2D eigenvalue weighted by molar-refractivity contribution is 5.90. The zero-order chi connectivity index (χ0) is 16.0. The van der Waals surface area contributed by atoms with Crippen LogP contribution in [0.3, 0.4) is 0 Å². The quantitative estimate of drug-likeness (QED) is 0.616. The number of hydrogen-bond donors (Lipinski definition) is 1. The van der Waals surface area contributed by atoms with Crippen molar-refractivity contribution in [2.24, 2.45) is 7.05 Å². The van der Waals surface area contributed by atoms with Crippen molar-refractivity contribution in [3.8, 4) is 22.9 Å². The van der Waals surface area contributed by atoms with E-state index < -0.39 is 0 Å². The van der Waals surface area contributed by atoms with E-state index in [0.29, 0.717) is 5.52 Å². The summed E-state index contributed by atoms with van der Waals surface area (Å²) in [6.07, 6.45) is 3.61. The number of rotatable bonds is 2. The summed E-state index contributed by atoms with van der Waals surface area (Å²) in [4.78, 5) is 8.51. The summed E-state index contributed by atoms with van der Waals surface area (Å²) in [7, 11) is 3.52. The first-order valence-corrected chi connectivity index (χ1v) is 7.11. The number of hydrogen-bond acceptors (Lipinski definition) is 5. The van der Waals surface area contributed by atoms with E-state index in [4.69, 9.17) is 4.74 Å². The molecule has 1 N–H and O–H groups in total. The van der Waals surface area contributed by atoms with Crippen molar-refractivity contribution >= 4 is 21.8 Å². The van der Waals surface area contributed by atoms with Crippen LogP contribution in [0.1, 0.15) is 0 Å². The van der Waals surface area contributed by atoms with Crippen molar-refractivity contribution in [3.05, 3.63) is 42.7 Å². The Hall–Kier alpha value is -3.15. The van der Waals surface area contributed by atoms with Crippen LogP contribution in [0, 0.1) is 0 Å². The first-order chi connectivity index (χ1) is 11.1. The molecule has 6 heteroatoms. The maximum absolute atomic E-state index is 9.45.